The van der Waals surface area contributed by atoms with Crippen molar-refractivity contribution in [2.24, 2.45) is 0 Å². The minimum atomic E-state index is -0.435. The molecule has 0 aliphatic rings. The summed E-state index contributed by atoms with van der Waals surface area (Å²) in [5.74, 6) is 0.334. The predicted molar refractivity (Wildman–Crippen MR) is 104 cm³/mol. The lowest BCUT2D eigenvalue weighted by molar-refractivity contribution is 0.101. The van der Waals surface area contributed by atoms with Crippen LogP contribution in [-0.4, -0.2) is 26.8 Å². The number of aromatic nitrogens is 3. The number of aryl methyl sites for hydroxylation is 2. The number of Topliss-reactive ketones (excluding diaryl/α,β-unsaturated/α-hetero) is 1. The lowest BCUT2D eigenvalue weighted by Gasteiger charge is -2.09. The van der Waals surface area contributed by atoms with Crippen molar-refractivity contribution in [1.29, 1.82) is 0 Å². The summed E-state index contributed by atoms with van der Waals surface area (Å²) in [4.78, 5) is 36.4. The average Bonchev–Trinajstić information content (AvgIpc) is 2.63. The SMILES string of the molecule is CC(=O)c1ccc(-c2cncc(NC(=O)Nc3ccc(C)nc3)n2)cc1C. The number of pyridine rings is 1. The summed E-state index contributed by atoms with van der Waals surface area (Å²) in [6, 6.07) is 8.60. The molecule has 1 aromatic carbocycles. The molecule has 7 nitrogen and oxygen atoms in total. The molecular weight excluding hydrogens is 342 g/mol. The van der Waals surface area contributed by atoms with Gasteiger partial charge >= 0.3 is 6.03 Å². The first-order chi connectivity index (χ1) is 12.9. The van der Waals surface area contributed by atoms with Crippen LogP contribution in [0.15, 0.2) is 48.9 Å². The maximum atomic E-state index is 12.1. The van der Waals surface area contributed by atoms with Crippen LogP contribution in [0.1, 0.15) is 28.5 Å². The Labute approximate surface area is 156 Å². The normalized spacial score (nSPS) is 10.3. The van der Waals surface area contributed by atoms with E-state index in [-0.39, 0.29) is 5.78 Å². The van der Waals surface area contributed by atoms with Crippen molar-refractivity contribution in [3.63, 3.8) is 0 Å². The van der Waals surface area contributed by atoms with Gasteiger partial charge in [0.2, 0.25) is 0 Å². The molecule has 3 rings (SSSR count). The summed E-state index contributed by atoms with van der Waals surface area (Å²) in [5.41, 5.74) is 4.40. The van der Waals surface area contributed by atoms with Crippen molar-refractivity contribution in [1.82, 2.24) is 15.0 Å². The van der Waals surface area contributed by atoms with Gasteiger partial charge in [-0.2, -0.15) is 0 Å². The molecule has 0 saturated heterocycles. The van der Waals surface area contributed by atoms with Crippen molar-refractivity contribution >= 4 is 23.3 Å². The molecule has 0 radical (unpaired) electrons. The smallest absolute Gasteiger partial charge is 0.306 e. The highest BCUT2D eigenvalue weighted by Crippen LogP contribution is 2.21. The Morgan fingerprint density at radius 2 is 1.78 bits per heavy atom. The zero-order valence-corrected chi connectivity index (χ0v) is 15.3. The van der Waals surface area contributed by atoms with Gasteiger partial charge in [-0.15, -0.1) is 0 Å². The van der Waals surface area contributed by atoms with E-state index < -0.39 is 6.03 Å². The van der Waals surface area contributed by atoms with Gasteiger partial charge in [-0.3, -0.25) is 20.1 Å². The summed E-state index contributed by atoms with van der Waals surface area (Å²) >= 11 is 0. The lowest BCUT2D eigenvalue weighted by Crippen LogP contribution is -2.20. The summed E-state index contributed by atoms with van der Waals surface area (Å²) in [6.45, 7) is 5.28. The molecule has 0 saturated carbocycles. The van der Waals surface area contributed by atoms with Crippen LogP contribution in [0, 0.1) is 13.8 Å². The van der Waals surface area contributed by atoms with Crippen molar-refractivity contribution in [2.45, 2.75) is 20.8 Å². The zero-order valence-electron chi connectivity index (χ0n) is 15.3. The first-order valence-electron chi connectivity index (χ1n) is 8.37. The lowest BCUT2D eigenvalue weighted by atomic mass is 10.0. The van der Waals surface area contributed by atoms with Crippen LogP contribution in [0.2, 0.25) is 0 Å². The second kappa shape index (κ2) is 7.74. The quantitative estimate of drug-likeness (QED) is 0.685. The van der Waals surface area contributed by atoms with Crippen LogP contribution in [0.25, 0.3) is 11.3 Å². The number of hydrogen-bond acceptors (Lipinski definition) is 5. The number of nitrogens with one attached hydrogen (secondary N) is 2. The fourth-order valence-electron chi connectivity index (χ4n) is 2.60. The number of hydrogen-bond donors (Lipinski definition) is 2. The van der Waals surface area contributed by atoms with Gasteiger partial charge < -0.3 is 5.32 Å². The Morgan fingerprint density at radius 1 is 0.963 bits per heavy atom. The predicted octanol–water partition coefficient (Wildman–Crippen LogP) is 4.00. The first kappa shape index (κ1) is 18.2. The van der Waals surface area contributed by atoms with E-state index in [4.69, 9.17) is 0 Å². The van der Waals surface area contributed by atoms with Crippen molar-refractivity contribution < 1.29 is 9.59 Å². The van der Waals surface area contributed by atoms with Gasteiger partial charge in [-0.05, 0) is 44.5 Å². The molecule has 0 bridgehead atoms. The van der Waals surface area contributed by atoms with Gasteiger partial charge in [0.05, 0.1) is 30.0 Å². The molecule has 2 aromatic heterocycles. The maximum absolute atomic E-state index is 12.1. The Balaban J connectivity index is 1.75. The third kappa shape index (κ3) is 4.52. The van der Waals surface area contributed by atoms with Gasteiger partial charge in [-0.25, -0.2) is 9.78 Å². The average molecular weight is 361 g/mol. The molecule has 0 atom stereocenters. The summed E-state index contributed by atoms with van der Waals surface area (Å²) in [7, 11) is 0. The molecule has 2 N–H and O–H groups in total. The van der Waals surface area contributed by atoms with E-state index in [0.717, 1.165) is 16.8 Å². The van der Waals surface area contributed by atoms with E-state index >= 15 is 0 Å². The third-order valence-corrected chi connectivity index (χ3v) is 3.95. The van der Waals surface area contributed by atoms with Gasteiger partial charge in [-0.1, -0.05) is 12.1 Å². The number of urea groups is 1. The van der Waals surface area contributed by atoms with Crippen LogP contribution < -0.4 is 10.6 Å². The fraction of sp³-hybridized carbons (Fsp3) is 0.150. The molecule has 2 amide bonds. The standard InChI is InChI=1S/C20H19N5O2/c1-12-8-15(5-7-17(12)14(3)26)18-10-21-11-19(24-18)25-20(27)23-16-6-4-13(2)22-9-16/h4-11H,1-3H3,(H2,23,24,25,27). The highest BCUT2D eigenvalue weighted by molar-refractivity contribution is 5.99. The Kier molecular flexibility index (Phi) is 5.21. The molecule has 0 unspecified atom stereocenters. The Bertz CT molecular complexity index is 1000. The number of nitrogens with zero attached hydrogens (tertiary/aromatic N) is 3. The van der Waals surface area contributed by atoms with Crippen LogP contribution in [0.4, 0.5) is 16.3 Å². The van der Waals surface area contributed by atoms with Gasteiger partial charge in [0.25, 0.3) is 0 Å². The number of rotatable bonds is 4. The van der Waals surface area contributed by atoms with E-state index in [1.165, 1.54) is 13.1 Å². The zero-order chi connectivity index (χ0) is 19.4. The largest absolute Gasteiger partial charge is 0.324 e. The van der Waals surface area contributed by atoms with E-state index in [0.29, 0.717) is 22.8 Å². The van der Waals surface area contributed by atoms with E-state index in [9.17, 15) is 9.59 Å². The number of anilines is 2. The van der Waals surface area contributed by atoms with E-state index in [2.05, 4.69) is 25.6 Å². The molecule has 2 heterocycles. The van der Waals surface area contributed by atoms with Crippen LogP contribution in [-0.2, 0) is 0 Å². The van der Waals surface area contributed by atoms with Crippen LogP contribution in [0.3, 0.4) is 0 Å². The van der Waals surface area contributed by atoms with Gasteiger partial charge in [0.15, 0.2) is 11.6 Å². The molecule has 0 aliphatic carbocycles. The van der Waals surface area contributed by atoms with Crippen LogP contribution in [0.5, 0.6) is 0 Å². The number of amides is 2. The monoisotopic (exact) mass is 361 g/mol. The Hall–Kier alpha value is -3.61. The molecule has 27 heavy (non-hydrogen) atoms. The number of carbonyl (C=O) groups is 2. The molecular formula is C20H19N5O2. The van der Waals surface area contributed by atoms with Gasteiger partial charge in [0, 0.05) is 16.8 Å². The minimum Gasteiger partial charge on any atom is -0.306 e. The molecule has 0 fully saturated rings. The third-order valence-electron chi connectivity index (χ3n) is 3.95. The summed E-state index contributed by atoms with van der Waals surface area (Å²) in [6.07, 6.45) is 4.65. The molecule has 0 spiro atoms. The fourth-order valence-corrected chi connectivity index (χ4v) is 2.60. The molecule has 136 valence electrons. The van der Waals surface area contributed by atoms with E-state index in [1.807, 2.05) is 32.0 Å². The highest BCUT2D eigenvalue weighted by Gasteiger charge is 2.09. The summed E-state index contributed by atoms with van der Waals surface area (Å²) in [5, 5.41) is 5.34. The van der Waals surface area contributed by atoms with E-state index in [1.54, 1.807) is 24.5 Å². The molecule has 3 aromatic rings. The second-order valence-corrected chi connectivity index (χ2v) is 6.14. The van der Waals surface area contributed by atoms with Crippen LogP contribution >= 0.6 is 0 Å². The number of carbonyl (C=O) groups excluding carboxylic acids is 2. The number of benzene rings is 1. The van der Waals surface area contributed by atoms with Gasteiger partial charge in [0.1, 0.15) is 0 Å². The maximum Gasteiger partial charge on any atom is 0.324 e. The summed E-state index contributed by atoms with van der Waals surface area (Å²) < 4.78 is 0. The Morgan fingerprint density at radius 3 is 2.44 bits per heavy atom. The molecule has 7 heteroatoms. The second-order valence-electron chi connectivity index (χ2n) is 6.14. The number of ketones is 1. The van der Waals surface area contributed by atoms with Crippen molar-refractivity contribution in [3.05, 3.63) is 65.7 Å². The van der Waals surface area contributed by atoms with Crippen molar-refractivity contribution in [2.75, 3.05) is 10.6 Å². The highest BCUT2D eigenvalue weighted by atomic mass is 16.2. The van der Waals surface area contributed by atoms with Crippen molar-refractivity contribution in [3.8, 4) is 11.3 Å². The molecule has 0 aliphatic heterocycles. The first-order valence-corrected chi connectivity index (χ1v) is 8.37. The minimum absolute atomic E-state index is 0.0165. The topological polar surface area (TPSA) is 96.9 Å².